The third-order valence-electron chi connectivity index (χ3n) is 9.81. The SMILES string of the molecule is CC[C@H]1C=C2CC(=O)CC[C@]2(C)[C@H]2CC[C@]3(C)C(N4CCCCC4)=CC[C@H]3[C@H]12. The van der Waals surface area contributed by atoms with Gasteiger partial charge in [0.25, 0.3) is 0 Å². The summed E-state index contributed by atoms with van der Waals surface area (Å²) in [5.41, 5.74) is 3.91. The van der Waals surface area contributed by atoms with Gasteiger partial charge in [-0.2, -0.15) is 0 Å². The van der Waals surface area contributed by atoms with Crippen LogP contribution in [0.2, 0.25) is 0 Å². The van der Waals surface area contributed by atoms with Crippen LogP contribution in [0.4, 0.5) is 0 Å². The number of allylic oxidation sites excluding steroid dienone is 4. The zero-order valence-corrected chi connectivity index (χ0v) is 18.3. The van der Waals surface area contributed by atoms with Crippen LogP contribution in [0.15, 0.2) is 23.4 Å². The molecule has 0 unspecified atom stereocenters. The predicted molar refractivity (Wildman–Crippen MR) is 115 cm³/mol. The lowest BCUT2D eigenvalue weighted by Crippen LogP contribution is -2.53. The number of piperidine rings is 1. The van der Waals surface area contributed by atoms with E-state index < -0.39 is 0 Å². The number of carbonyl (C=O) groups is 1. The Hall–Kier alpha value is -1.05. The minimum Gasteiger partial charge on any atom is -0.375 e. The maximum absolute atomic E-state index is 12.2. The maximum atomic E-state index is 12.2. The van der Waals surface area contributed by atoms with E-state index in [1.54, 1.807) is 5.70 Å². The molecule has 1 heterocycles. The Labute approximate surface area is 171 Å². The molecule has 0 spiro atoms. The van der Waals surface area contributed by atoms with Crippen LogP contribution in [-0.4, -0.2) is 23.8 Å². The molecule has 0 N–H and O–H groups in total. The van der Waals surface area contributed by atoms with Crippen molar-refractivity contribution >= 4 is 5.78 Å². The molecule has 0 aromatic heterocycles. The Morgan fingerprint density at radius 2 is 1.86 bits per heavy atom. The van der Waals surface area contributed by atoms with Gasteiger partial charge in [-0.3, -0.25) is 4.79 Å². The summed E-state index contributed by atoms with van der Waals surface area (Å²) in [6.45, 7) is 10.1. The number of Topliss-reactive ketones (excluding diaryl/α,β-unsaturated/α-hetero) is 1. The zero-order chi connectivity index (χ0) is 19.5. The molecular formula is C26H39NO. The van der Waals surface area contributed by atoms with Gasteiger partial charge in [-0.15, -0.1) is 0 Å². The van der Waals surface area contributed by atoms with Gasteiger partial charge in [0.2, 0.25) is 0 Å². The first-order valence-corrected chi connectivity index (χ1v) is 12.2. The van der Waals surface area contributed by atoms with Gasteiger partial charge < -0.3 is 4.90 Å². The first-order valence-electron chi connectivity index (χ1n) is 12.2. The molecule has 0 bridgehead atoms. The van der Waals surface area contributed by atoms with Crippen LogP contribution in [0, 0.1) is 34.5 Å². The topological polar surface area (TPSA) is 20.3 Å². The van der Waals surface area contributed by atoms with Gasteiger partial charge >= 0.3 is 0 Å². The van der Waals surface area contributed by atoms with E-state index in [0.29, 0.717) is 22.5 Å². The van der Waals surface area contributed by atoms with Crippen molar-refractivity contribution < 1.29 is 4.79 Å². The molecule has 1 aliphatic heterocycles. The monoisotopic (exact) mass is 381 g/mol. The van der Waals surface area contributed by atoms with Crippen LogP contribution in [-0.2, 0) is 4.79 Å². The van der Waals surface area contributed by atoms with Crippen molar-refractivity contribution in [2.24, 2.45) is 34.5 Å². The molecule has 0 aromatic rings. The van der Waals surface area contributed by atoms with Crippen LogP contribution >= 0.6 is 0 Å². The summed E-state index contributed by atoms with van der Waals surface area (Å²) in [6, 6.07) is 0. The lowest BCUT2D eigenvalue weighted by Gasteiger charge is -2.59. The summed E-state index contributed by atoms with van der Waals surface area (Å²) in [4.78, 5) is 15.0. The highest BCUT2D eigenvalue weighted by atomic mass is 16.1. The number of hydrogen-bond acceptors (Lipinski definition) is 2. The van der Waals surface area contributed by atoms with E-state index in [0.717, 1.165) is 37.0 Å². The average Bonchev–Trinajstić information content (AvgIpc) is 3.06. The molecule has 3 fully saturated rings. The average molecular weight is 382 g/mol. The van der Waals surface area contributed by atoms with Crippen LogP contribution in [0.1, 0.15) is 85.0 Å². The second-order valence-corrected chi connectivity index (χ2v) is 11.0. The molecule has 0 amide bonds. The molecule has 4 aliphatic carbocycles. The minimum absolute atomic E-state index is 0.291. The van der Waals surface area contributed by atoms with Crippen LogP contribution < -0.4 is 0 Å². The number of ketones is 1. The van der Waals surface area contributed by atoms with Crippen molar-refractivity contribution in [2.45, 2.75) is 85.0 Å². The molecule has 28 heavy (non-hydrogen) atoms. The Bertz CT molecular complexity index is 714. The molecule has 6 atom stereocenters. The highest BCUT2D eigenvalue weighted by Gasteiger charge is 2.59. The smallest absolute Gasteiger partial charge is 0.136 e. The van der Waals surface area contributed by atoms with E-state index >= 15 is 0 Å². The first kappa shape index (κ1) is 18.9. The Morgan fingerprint density at radius 3 is 2.61 bits per heavy atom. The lowest BCUT2D eigenvalue weighted by atomic mass is 9.45. The highest BCUT2D eigenvalue weighted by Crippen LogP contribution is 2.66. The van der Waals surface area contributed by atoms with Crippen molar-refractivity contribution in [1.82, 2.24) is 4.90 Å². The molecule has 5 aliphatic rings. The summed E-state index contributed by atoms with van der Waals surface area (Å²) in [5.74, 6) is 3.56. The van der Waals surface area contributed by atoms with E-state index in [9.17, 15) is 4.79 Å². The fraction of sp³-hybridized carbons (Fsp3) is 0.808. The number of hydrogen-bond donors (Lipinski definition) is 0. The van der Waals surface area contributed by atoms with Crippen molar-refractivity contribution in [3.8, 4) is 0 Å². The zero-order valence-electron chi connectivity index (χ0n) is 18.3. The Balaban J connectivity index is 1.49. The van der Waals surface area contributed by atoms with Gasteiger partial charge in [0.15, 0.2) is 0 Å². The van der Waals surface area contributed by atoms with Crippen molar-refractivity contribution in [1.29, 1.82) is 0 Å². The summed E-state index contributed by atoms with van der Waals surface area (Å²) < 4.78 is 0. The van der Waals surface area contributed by atoms with Gasteiger partial charge in [0.1, 0.15) is 5.78 Å². The van der Waals surface area contributed by atoms with E-state index in [4.69, 9.17) is 0 Å². The van der Waals surface area contributed by atoms with E-state index in [1.165, 1.54) is 63.6 Å². The maximum Gasteiger partial charge on any atom is 0.136 e. The molecule has 1 saturated heterocycles. The minimum atomic E-state index is 0.291. The fourth-order valence-corrected chi connectivity index (χ4v) is 8.21. The summed E-state index contributed by atoms with van der Waals surface area (Å²) in [5, 5.41) is 0. The van der Waals surface area contributed by atoms with E-state index in [2.05, 4.69) is 37.8 Å². The fourth-order valence-electron chi connectivity index (χ4n) is 8.21. The van der Waals surface area contributed by atoms with Crippen molar-refractivity contribution in [2.75, 3.05) is 13.1 Å². The molecule has 5 rings (SSSR count). The molecule has 2 saturated carbocycles. The van der Waals surface area contributed by atoms with Gasteiger partial charge in [-0.25, -0.2) is 0 Å². The second kappa shape index (κ2) is 6.74. The number of fused-ring (bicyclic) bond motifs is 5. The van der Waals surface area contributed by atoms with Crippen molar-refractivity contribution in [3.05, 3.63) is 23.4 Å². The molecule has 2 heteroatoms. The van der Waals surface area contributed by atoms with Gasteiger partial charge in [0, 0.05) is 37.0 Å². The normalized spacial score (nSPS) is 45.7. The van der Waals surface area contributed by atoms with Crippen LogP contribution in [0.5, 0.6) is 0 Å². The molecule has 154 valence electrons. The van der Waals surface area contributed by atoms with Gasteiger partial charge in [-0.1, -0.05) is 38.5 Å². The summed E-state index contributed by atoms with van der Waals surface area (Å²) in [7, 11) is 0. The molecule has 0 aromatic carbocycles. The standard InChI is InChI=1S/C26H39NO/c1-4-18-16-19-17-20(28)10-12-25(19,2)22-11-13-26(3)21(24(18)22)8-9-23(26)27-14-6-5-7-15-27/h9,16,18,21-22,24H,4-8,10-15,17H2,1-3H3/t18-,21-,22-,24-,25-,26-/m0/s1. The van der Waals surface area contributed by atoms with Gasteiger partial charge in [0.05, 0.1) is 0 Å². The quantitative estimate of drug-likeness (QED) is 0.536. The Morgan fingerprint density at radius 1 is 1.07 bits per heavy atom. The number of likely N-dealkylation sites (tertiary alicyclic amines) is 1. The number of carbonyl (C=O) groups excluding carboxylic acids is 1. The Kier molecular flexibility index (Phi) is 4.56. The van der Waals surface area contributed by atoms with E-state index in [-0.39, 0.29) is 0 Å². The lowest BCUT2D eigenvalue weighted by molar-refractivity contribution is -0.122. The van der Waals surface area contributed by atoms with Gasteiger partial charge in [-0.05, 0) is 80.5 Å². The summed E-state index contributed by atoms with van der Waals surface area (Å²) >= 11 is 0. The number of nitrogens with zero attached hydrogens (tertiary/aromatic N) is 1. The van der Waals surface area contributed by atoms with Crippen molar-refractivity contribution in [3.63, 3.8) is 0 Å². The first-order chi connectivity index (χ1) is 13.5. The van der Waals surface area contributed by atoms with Crippen LogP contribution in [0.3, 0.4) is 0 Å². The van der Waals surface area contributed by atoms with E-state index in [1.807, 2.05) is 0 Å². The molecule has 0 radical (unpaired) electrons. The largest absolute Gasteiger partial charge is 0.375 e. The molecule has 2 nitrogen and oxygen atoms in total. The third-order valence-corrected chi connectivity index (χ3v) is 9.81. The molecular weight excluding hydrogens is 342 g/mol. The van der Waals surface area contributed by atoms with Crippen LogP contribution in [0.25, 0.3) is 0 Å². The third kappa shape index (κ3) is 2.62. The highest BCUT2D eigenvalue weighted by molar-refractivity contribution is 5.82. The summed E-state index contributed by atoms with van der Waals surface area (Å²) in [6.07, 6.45) is 17.3. The predicted octanol–water partition coefficient (Wildman–Crippen LogP) is 6.13. The second-order valence-electron chi connectivity index (χ2n) is 11.0. The number of rotatable bonds is 2.